The third-order valence-electron chi connectivity index (χ3n) is 3.87. The predicted molar refractivity (Wildman–Crippen MR) is 79.7 cm³/mol. The quantitative estimate of drug-likeness (QED) is 0.605. The molecule has 1 unspecified atom stereocenters. The van der Waals surface area contributed by atoms with E-state index >= 15 is 0 Å². The maximum atomic E-state index is 11.7. The van der Waals surface area contributed by atoms with E-state index in [1.54, 1.807) is 0 Å². The number of rotatable bonds is 9. The van der Waals surface area contributed by atoms with E-state index in [0.717, 1.165) is 36.8 Å². The smallest absolute Gasteiger partial charge is 0.315 e. The molecule has 4 heteroatoms. The molecule has 0 radical (unpaired) electrons. The molecule has 4 nitrogen and oxygen atoms in total. The minimum absolute atomic E-state index is 0.103. The number of benzene rings is 1. The Bertz CT molecular complexity index is 416. The second kappa shape index (κ2) is 8.02. The third kappa shape index (κ3) is 4.05. The van der Waals surface area contributed by atoms with Crippen molar-refractivity contribution in [1.29, 1.82) is 0 Å². The standard InChI is InChI=1S/C16H25NO3/c1-13-6-8-14(9-7-13)16(12-17,15(19)20)10-4-2-3-5-11-18/h6-9,18H,2-5,10-12,17H2,1H3,(H,19,20). The predicted octanol–water partition coefficient (Wildman–Crippen LogP) is 2.22. The number of nitrogens with two attached hydrogens (primary N) is 1. The molecule has 0 amide bonds. The van der Waals surface area contributed by atoms with Crippen LogP contribution < -0.4 is 5.73 Å². The number of aliphatic hydroxyl groups is 1. The molecule has 1 atom stereocenters. The molecule has 112 valence electrons. The lowest BCUT2D eigenvalue weighted by Gasteiger charge is -2.28. The van der Waals surface area contributed by atoms with Crippen LogP contribution in [0, 0.1) is 6.92 Å². The van der Waals surface area contributed by atoms with Crippen LogP contribution in [0.5, 0.6) is 0 Å². The van der Waals surface area contributed by atoms with Gasteiger partial charge in [-0.1, -0.05) is 49.1 Å². The number of carbonyl (C=O) groups is 1. The van der Waals surface area contributed by atoms with Gasteiger partial charge in [-0.15, -0.1) is 0 Å². The summed E-state index contributed by atoms with van der Waals surface area (Å²) in [4.78, 5) is 11.7. The monoisotopic (exact) mass is 279 g/mol. The maximum absolute atomic E-state index is 11.7. The first kappa shape index (κ1) is 16.7. The Morgan fingerprint density at radius 3 is 2.25 bits per heavy atom. The fraction of sp³-hybridized carbons (Fsp3) is 0.562. The van der Waals surface area contributed by atoms with Crippen LogP contribution >= 0.6 is 0 Å². The highest BCUT2D eigenvalue weighted by Crippen LogP contribution is 2.30. The summed E-state index contributed by atoms with van der Waals surface area (Å²) in [6, 6.07) is 7.58. The first-order valence-electron chi connectivity index (χ1n) is 7.18. The Balaban J connectivity index is 2.81. The van der Waals surface area contributed by atoms with Gasteiger partial charge in [0.1, 0.15) is 5.41 Å². The molecule has 0 aliphatic rings. The fourth-order valence-electron chi connectivity index (χ4n) is 2.45. The molecule has 0 aliphatic carbocycles. The van der Waals surface area contributed by atoms with Crippen LogP contribution in [0.15, 0.2) is 24.3 Å². The van der Waals surface area contributed by atoms with Gasteiger partial charge in [0.25, 0.3) is 0 Å². The van der Waals surface area contributed by atoms with E-state index in [0.29, 0.717) is 6.42 Å². The third-order valence-corrected chi connectivity index (χ3v) is 3.87. The van der Waals surface area contributed by atoms with Crippen molar-refractivity contribution in [2.24, 2.45) is 5.73 Å². The lowest BCUT2D eigenvalue weighted by Crippen LogP contribution is -2.43. The molecule has 0 bridgehead atoms. The number of aliphatic carboxylic acids is 1. The zero-order valence-electron chi connectivity index (χ0n) is 12.1. The zero-order valence-corrected chi connectivity index (χ0v) is 12.1. The number of hydrogen-bond acceptors (Lipinski definition) is 3. The molecule has 1 aromatic rings. The normalized spacial score (nSPS) is 13.9. The van der Waals surface area contributed by atoms with Crippen molar-refractivity contribution >= 4 is 5.97 Å². The van der Waals surface area contributed by atoms with Crippen LogP contribution in [0.2, 0.25) is 0 Å². The second-order valence-electron chi connectivity index (χ2n) is 5.35. The number of carboxylic acid groups (broad SMARTS) is 1. The molecule has 20 heavy (non-hydrogen) atoms. The van der Waals surface area contributed by atoms with Crippen molar-refractivity contribution in [3.63, 3.8) is 0 Å². The number of hydrogen-bond donors (Lipinski definition) is 3. The van der Waals surface area contributed by atoms with Crippen LogP contribution in [0.3, 0.4) is 0 Å². The van der Waals surface area contributed by atoms with Crippen LogP contribution in [-0.2, 0) is 10.2 Å². The zero-order chi connectivity index (χ0) is 15.0. The number of unbranched alkanes of at least 4 members (excludes halogenated alkanes) is 3. The van der Waals surface area contributed by atoms with Crippen LogP contribution in [0.25, 0.3) is 0 Å². The van der Waals surface area contributed by atoms with Crippen molar-refractivity contribution in [2.75, 3.05) is 13.2 Å². The summed E-state index contributed by atoms with van der Waals surface area (Å²) in [7, 11) is 0. The van der Waals surface area contributed by atoms with Crippen LogP contribution in [-0.4, -0.2) is 29.3 Å². The first-order chi connectivity index (χ1) is 9.56. The van der Waals surface area contributed by atoms with E-state index in [-0.39, 0.29) is 13.2 Å². The minimum Gasteiger partial charge on any atom is -0.481 e. The second-order valence-corrected chi connectivity index (χ2v) is 5.35. The van der Waals surface area contributed by atoms with Crippen molar-refractivity contribution < 1.29 is 15.0 Å². The van der Waals surface area contributed by atoms with Gasteiger partial charge in [0.2, 0.25) is 0 Å². The van der Waals surface area contributed by atoms with Gasteiger partial charge in [-0.25, -0.2) is 0 Å². The van der Waals surface area contributed by atoms with Gasteiger partial charge in [0, 0.05) is 13.2 Å². The molecule has 0 aliphatic heterocycles. The Morgan fingerprint density at radius 1 is 1.15 bits per heavy atom. The molecular weight excluding hydrogens is 254 g/mol. The molecular formula is C16H25NO3. The average Bonchev–Trinajstić information content (AvgIpc) is 2.44. The topological polar surface area (TPSA) is 83.5 Å². The molecule has 1 aromatic carbocycles. The summed E-state index contributed by atoms with van der Waals surface area (Å²) < 4.78 is 0. The largest absolute Gasteiger partial charge is 0.481 e. The van der Waals surface area contributed by atoms with Crippen molar-refractivity contribution in [2.45, 2.75) is 44.4 Å². The van der Waals surface area contributed by atoms with E-state index in [1.165, 1.54) is 0 Å². The highest BCUT2D eigenvalue weighted by Gasteiger charge is 2.38. The highest BCUT2D eigenvalue weighted by atomic mass is 16.4. The van der Waals surface area contributed by atoms with Crippen LogP contribution in [0.1, 0.15) is 43.2 Å². The Kier molecular flexibility index (Phi) is 6.68. The van der Waals surface area contributed by atoms with E-state index in [1.807, 2.05) is 31.2 Å². The maximum Gasteiger partial charge on any atom is 0.315 e. The molecule has 0 saturated heterocycles. The minimum atomic E-state index is -0.993. The lowest BCUT2D eigenvalue weighted by atomic mass is 9.76. The van der Waals surface area contributed by atoms with E-state index in [4.69, 9.17) is 10.8 Å². The molecule has 0 fully saturated rings. The molecule has 0 spiro atoms. The first-order valence-corrected chi connectivity index (χ1v) is 7.18. The van der Waals surface area contributed by atoms with E-state index < -0.39 is 11.4 Å². The number of aliphatic hydroxyl groups excluding tert-OH is 1. The summed E-state index contributed by atoms with van der Waals surface area (Å²) in [6.45, 7) is 2.27. The van der Waals surface area contributed by atoms with Gasteiger partial charge < -0.3 is 15.9 Å². The SMILES string of the molecule is Cc1ccc(C(CN)(CCCCCCO)C(=O)O)cc1. The Hall–Kier alpha value is -1.39. The molecule has 4 N–H and O–H groups in total. The number of carboxylic acids is 1. The van der Waals surface area contributed by atoms with Crippen molar-refractivity contribution in [1.82, 2.24) is 0 Å². The van der Waals surface area contributed by atoms with Gasteiger partial charge in [-0.2, -0.15) is 0 Å². The highest BCUT2D eigenvalue weighted by molar-refractivity contribution is 5.81. The van der Waals surface area contributed by atoms with Gasteiger partial charge in [0.15, 0.2) is 0 Å². The lowest BCUT2D eigenvalue weighted by molar-refractivity contribution is -0.143. The summed E-state index contributed by atoms with van der Waals surface area (Å²) >= 11 is 0. The van der Waals surface area contributed by atoms with Gasteiger partial charge >= 0.3 is 5.97 Å². The molecule has 0 saturated carbocycles. The van der Waals surface area contributed by atoms with Gasteiger partial charge in [-0.3, -0.25) is 4.79 Å². The fourth-order valence-corrected chi connectivity index (χ4v) is 2.45. The summed E-state index contributed by atoms with van der Waals surface area (Å²) in [5.41, 5.74) is 6.69. The Morgan fingerprint density at radius 2 is 1.75 bits per heavy atom. The molecule has 1 rings (SSSR count). The average molecular weight is 279 g/mol. The van der Waals surface area contributed by atoms with Gasteiger partial charge in [0.05, 0.1) is 0 Å². The van der Waals surface area contributed by atoms with E-state index in [2.05, 4.69) is 0 Å². The van der Waals surface area contributed by atoms with Crippen molar-refractivity contribution in [3.05, 3.63) is 35.4 Å². The Labute approximate surface area is 120 Å². The number of aryl methyl sites for hydroxylation is 1. The summed E-state index contributed by atoms with van der Waals surface area (Å²) in [5.74, 6) is -0.856. The molecule has 0 aromatic heterocycles. The van der Waals surface area contributed by atoms with Gasteiger partial charge in [-0.05, 0) is 25.3 Å². The van der Waals surface area contributed by atoms with E-state index in [9.17, 15) is 9.90 Å². The van der Waals surface area contributed by atoms with Crippen LogP contribution in [0.4, 0.5) is 0 Å². The summed E-state index contributed by atoms with van der Waals surface area (Å²) in [5, 5.41) is 18.4. The van der Waals surface area contributed by atoms with Crippen molar-refractivity contribution in [3.8, 4) is 0 Å². The summed E-state index contributed by atoms with van der Waals surface area (Å²) in [6.07, 6.45) is 3.95. The molecule has 0 heterocycles.